The first-order valence-electron chi connectivity index (χ1n) is 5.22. The van der Waals surface area contributed by atoms with Gasteiger partial charge in [-0.3, -0.25) is 0 Å². The zero-order valence-electron chi connectivity index (χ0n) is 9.40. The van der Waals surface area contributed by atoms with Gasteiger partial charge in [0.05, 0.1) is 18.7 Å². The molecule has 0 radical (unpaired) electrons. The maximum Gasteiger partial charge on any atom is 0.405 e. The van der Waals surface area contributed by atoms with Crippen molar-refractivity contribution in [2.75, 3.05) is 7.11 Å². The van der Waals surface area contributed by atoms with E-state index in [4.69, 9.17) is 20.5 Å². The molecule has 1 amide bonds. The van der Waals surface area contributed by atoms with Crippen LogP contribution in [0.25, 0.3) is 0 Å². The van der Waals surface area contributed by atoms with Crippen LogP contribution in [0.1, 0.15) is 29.2 Å². The van der Waals surface area contributed by atoms with Gasteiger partial charge in [0.1, 0.15) is 11.9 Å². The van der Waals surface area contributed by atoms with Crippen LogP contribution in [0.4, 0.5) is 4.79 Å². The molecule has 1 aliphatic carbocycles. The van der Waals surface area contributed by atoms with Crippen LogP contribution in [-0.2, 0) is 11.2 Å². The summed E-state index contributed by atoms with van der Waals surface area (Å²) >= 11 is 0. The van der Waals surface area contributed by atoms with Crippen molar-refractivity contribution in [3.05, 3.63) is 28.8 Å². The smallest absolute Gasteiger partial charge is 0.405 e. The molecule has 1 aromatic carbocycles. The fourth-order valence-electron chi connectivity index (χ4n) is 2.18. The quantitative estimate of drug-likeness (QED) is 0.840. The normalized spacial score (nSPS) is 17.1. The SMILES string of the molecule is COc1cc(C#N)cc2c1C(OC(N)=O)CC2. The molecule has 1 aliphatic rings. The van der Waals surface area contributed by atoms with E-state index in [9.17, 15) is 4.79 Å². The van der Waals surface area contributed by atoms with Gasteiger partial charge in [0, 0.05) is 5.56 Å². The lowest BCUT2D eigenvalue weighted by atomic mass is 10.0. The molecule has 2 rings (SSSR count). The maximum absolute atomic E-state index is 10.8. The van der Waals surface area contributed by atoms with Crippen molar-refractivity contribution in [3.63, 3.8) is 0 Å². The molecular weight excluding hydrogens is 220 g/mol. The molecule has 0 aliphatic heterocycles. The molecule has 0 aromatic heterocycles. The summed E-state index contributed by atoms with van der Waals surface area (Å²) in [6.07, 6.45) is 0.252. The Hall–Kier alpha value is -2.22. The number of methoxy groups -OCH3 is 1. The molecule has 2 N–H and O–H groups in total. The van der Waals surface area contributed by atoms with Crippen LogP contribution in [0, 0.1) is 11.3 Å². The number of aryl methyl sites for hydroxylation is 1. The number of nitrogens with zero attached hydrogens (tertiary/aromatic N) is 1. The van der Waals surface area contributed by atoms with E-state index >= 15 is 0 Å². The zero-order valence-corrected chi connectivity index (χ0v) is 9.40. The number of primary amides is 1. The van der Waals surface area contributed by atoms with Crippen molar-refractivity contribution >= 4 is 6.09 Å². The van der Waals surface area contributed by atoms with Crippen molar-refractivity contribution in [2.24, 2.45) is 5.73 Å². The maximum atomic E-state index is 10.8. The van der Waals surface area contributed by atoms with Gasteiger partial charge >= 0.3 is 6.09 Å². The summed E-state index contributed by atoms with van der Waals surface area (Å²) in [4.78, 5) is 10.8. The van der Waals surface area contributed by atoms with Gasteiger partial charge in [0.25, 0.3) is 0 Å². The fourth-order valence-corrected chi connectivity index (χ4v) is 2.18. The lowest BCUT2D eigenvalue weighted by Crippen LogP contribution is -2.16. The van der Waals surface area contributed by atoms with Gasteiger partial charge in [-0.1, -0.05) is 0 Å². The third-order valence-corrected chi connectivity index (χ3v) is 2.83. The monoisotopic (exact) mass is 232 g/mol. The number of rotatable bonds is 2. The highest BCUT2D eigenvalue weighted by molar-refractivity contribution is 5.65. The van der Waals surface area contributed by atoms with Crippen molar-refractivity contribution in [1.82, 2.24) is 0 Å². The molecule has 0 bridgehead atoms. The fraction of sp³-hybridized carbons (Fsp3) is 0.333. The Morgan fingerprint density at radius 2 is 2.35 bits per heavy atom. The van der Waals surface area contributed by atoms with Crippen LogP contribution in [-0.4, -0.2) is 13.2 Å². The predicted octanol–water partition coefficient (Wildman–Crippen LogP) is 1.65. The minimum Gasteiger partial charge on any atom is -0.496 e. The average Bonchev–Trinajstić information content (AvgIpc) is 2.70. The van der Waals surface area contributed by atoms with E-state index in [0.717, 1.165) is 17.5 Å². The van der Waals surface area contributed by atoms with Crippen LogP contribution in [0.3, 0.4) is 0 Å². The van der Waals surface area contributed by atoms with Crippen LogP contribution < -0.4 is 10.5 Å². The lowest BCUT2D eigenvalue weighted by molar-refractivity contribution is 0.106. The van der Waals surface area contributed by atoms with E-state index in [-0.39, 0.29) is 6.10 Å². The standard InChI is InChI=1S/C12H12N2O3/c1-16-10-5-7(6-13)4-8-2-3-9(11(8)10)17-12(14)15/h4-5,9H,2-3H2,1H3,(H2,14,15). The number of hydrogen-bond acceptors (Lipinski definition) is 4. The van der Waals surface area contributed by atoms with Gasteiger partial charge in [-0.2, -0.15) is 5.26 Å². The minimum absolute atomic E-state index is 0.370. The van der Waals surface area contributed by atoms with Crippen molar-refractivity contribution < 1.29 is 14.3 Å². The predicted molar refractivity (Wildman–Crippen MR) is 59.4 cm³/mol. The molecule has 0 spiro atoms. The largest absolute Gasteiger partial charge is 0.496 e. The first-order valence-corrected chi connectivity index (χ1v) is 5.22. The molecule has 0 saturated carbocycles. The Balaban J connectivity index is 2.44. The Labute approximate surface area is 98.7 Å². The number of nitriles is 1. The molecule has 88 valence electrons. The lowest BCUT2D eigenvalue weighted by Gasteiger charge is -2.14. The summed E-state index contributed by atoms with van der Waals surface area (Å²) in [6, 6.07) is 5.51. The number of amides is 1. The molecule has 0 saturated heterocycles. The van der Waals surface area contributed by atoms with Gasteiger partial charge in [-0.25, -0.2) is 4.79 Å². The summed E-state index contributed by atoms with van der Waals surface area (Å²) in [6.45, 7) is 0. The Morgan fingerprint density at radius 3 is 2.94 bits per heavy atom. The van der Waals surface area contributed by atoms with Crippen molar-refractivity contribution in [2.45, 2.75) is 18.9 Å². The summed E-state index contributed by atoms with van der Waals surface area (Å²) in [5.41, 5.74) is 7.37. The minimum atomic E-state index is -0.797. The number of fused-ring (bicyclic) bond motifs is 1. The average molecular weight is 232 g/mol. The Bertz CT molecular complexity index is 505. The number of carbonyl (C=O) groups excluding carboxylic acids is 1. The number of hydrogen-bond donors (Lipinski definition) is 1. The Kier molecular flexibility index (Phi) is 2.88. The molecule has 1 atom stereocenters. The zero-order chi connectivity index (χ0) is 12.4. The number of benzene rings is 1. The molecule has 17 heavy (non-hydrogen) atoms. The van der Waals surface area contributed by atoms with Crippen molar-refractivity contribution in [1.29, 1.82) is 5.26 Å². The molecule has 1 aromatic rings. The highest BCUT2D eigenvalue weighted by Gasteiger charge is 2.29. The van der Waals surface area contributed by atoms with Crippen molar-refractivity contribution in [3.8, 4) is 11.8 Å². The third-order valence-electron chi connectivity index (χ3n) is 2.83. The Morgan fingerprint density at radius 1 is 1.59 bits per heavy atom. The summed E-state index contributed by atoms with van der Waals surface area (Å²) in [5, 5.41) is 8.89. The topological polar surface area (TPSA) is 85.3 Å². The van der Waals surface area contributed by atoms with Crippen LogP contribution in [0.15, 0.2) is 12.1 Å². The van der Waals surface area contributed by atoms with E-state index < -0.39 is 6.09 Å². The number of carbonyl (C=O) groups is 1. The highest BCUT2D eigenvalue weighted by atomic mass is 16.6. The highest BCUT2D eigenvalue weighted by Crippen LogP contribution is 2.40. The number of nitrogens with two attached hydrogens (primary N) is 1. The van der Waals surface area contributed by atoms with Gasteiger partial charge in [0.2, 0.25) is 0 Å². The van der Waals surface area contributed by atoms with E-state index in [0.29, 0.717) is 17.7 Å². The molecule has 5 nitrogen and oxygen atoms in total. The molecule has 5 heteroatoms. The molecule has 0 heterocycles. The van der Waals surface area contributed by atoms with Crippen LogP contribution in [0.5, 0.6) is 5.75 Å². The summed E-state index contributed by atoms with van der Waals surface area (Å²) in [7, 11) is 1.52. The van der Waals surface area contributed by atoms with Gasteiger partial charge in [0.15, 0.2) is 0 Å². The first kappa shape index (κ1) is 11.3. The van der Waals surface area contributed by atoms with E-state index in [2.05, 4.69) is 6.07 Å². The van der Waals surface area contributed by atoms with E-state index in [1.165, 1.54) is 7.11 Å². The molecular formula is C12H12N2O3. The molecule has 1 unspecified atom stereocenters. The second kappa shape index (κ2) is 4.34. The first-order chi connectivity index (χ1) is 8.15. The summed E-state index contributed by atoms with van der Waals surface area (Å²) < 4.78 is 10.3. The second-order valence-electron chi connectivity index (χ2n) is 3.83. The second-order valence-corrected chi connectivity index (χ2v) is 3.83. The molecule has 0 fully saturated rings. The summed E-state index contributed by atoms with van der Waals surface area (Å²) in [5.74, 6) is 0.572. The van der Waals surface area contributed by atoms with Crippen LogP contribution in [0.2, 0.25) is 0 Å². The van der Waals surface area contributed by atoms with Crippen LogP contribution >= 0.6 is 0 Å². The number of ether oxygens (including phenoxy) is 2. The van der Waals surface area contributed by atoms with Gasteiger partial charge in [-0.15, -0.1) is 0 Å². The third kappa shape index (κ3) is 2.02. The van der Waals surface area contributed by atoms with E-state index in [1.807, 2.05) is 0 Å². The van der Waals surface area contributed by atoms with Gasteiger partial charge in [-0.05, 0) is 30.5 Å². The van der Waals surface area contributed by atoms with E-state index in [1.54, 1.807) is 12.1 Å². The van der Waals surface area contributed by atoms with Gasteiger partial charge < -0.3 is 15.2 Å².